The highest BCUT2D eigenvalue weighted by Gasteiger charge is 2.45. The van der Waals surface area contributed by atoms with Crippen LogP contribution in [0.25, 0.3) is 0 Å². The van der Waals surface area contributed by atoms with Crippen LogP contribution in [0, 0.1) is 11.8 Å². The number of aryl methyl sites for hydroxylation is 1. The van der Waals surface area contributed by atoms with Crippen molar-refractivity contribution in [3.8, 4) is 5.75 Å². The molecule has 7 rings (SSSR count). The molecule has 0 radical (unpaired) electrons. The third-order valence-electron chi connectivity index (χ3n) is 10.8. The smallest absolute Gasteiger partial charge is 0.408 e. The van der Waals surface area contributed by atoms with Gasteiger partial charge in [-0.25, -0.2) is 17.9 Å². The van der Waals surface area contributed by atoms with Gasteiger partial charge in [-0.2, -0.15) is 0 Å². The number of fused-ring (bicyclic) bond motifs is 4. The molecular formula is C36H44ClN3O8S. The molecule has 2 bridgehead atoms. The van der Waals surface area contributed by atoms with E-state index in [-0.39, 0.29) is 34.8 Å². The summed E-state index contributed by atoms with van der Waals surface area (Å²) < 4.78 is 53.3. The first-order chi connectivity index (χ1) is 23.4. The molecule has 13 heteroatoms. The van der Waals surface area contributed by atoms with Crippen LogP contribution in [-0.4, -0.2) is 77.7 Å². The van der Waals surface area contributed by atoms with Crippen LogP contribution in [-0.2, 0) is 40.9 Å². The largest absolute Gasteiger partial charge is 0.490 e. The fourth-order valence-electron chi connectivity index (χ4n) is 7.86. The highest BCUT2D eigenvalue weighted by atomic mass is 35.5. The Morgan fingerprint density at radius 2 is 2.00 bits per heavy atom. The molecule has 0 unspecified atom stereocenters. The maximum absolute atomic E-state index is 13.6. The van der Waals surface area contributed by atoms with Crippen molar-refractivity contribution in [2.75, 3.05) is 44.4 Å². The zero-order valence-corrected chi connectivity index (χ0v) is 29.5. The summed E-state index contributed by atoms with van der Waals surface area (Å²) in [6.45, 7) is 5.72. The molecule has 49 heavy (non-hydrogen) atoms. The number of amides is 2. The number of carbonyl (C=O) groups excluding carboxylic acids is 2. The number of hydrogen-bond acceptors (Lipinski definition) is 9. The highest BCUT2D eigenvalue weighted by molar-refractivity contribution is 7.90. The van der Waals surface area contributed by atoms with Crippen LogP contribution >= 0.6 is 11.6 Å². The maximum Gasteiger partial charge on any atom is 0.408 e. The third-order valence-corrected chi connectivity index (χ3v) is 12.4. The average Bonchev–Trinajstić information content (AvgIpc) is 3.50. The number of carbonyl (C=O) groups is 2. The first-order valence-corrected chi connectivity index (χ1v) is 19.0. The Kier molecular flexibility index (Phi) is 9.36. The summed E-state index contributed by atoms with van der Waals surface area (Å²) in [5.74, 6) is -0.0648. The Morgan fingerprint density at radius 3 is 2.78 bits per heavy atom. The number of rotatable bonds is 2. The van der Waals surface area contributed by atoms with Crippen molar-refractivity contribution in [3.63, 3.8) is 0 Å². The number of hydrogen-bond donors (Lipinski definition) is 2. The van der Waals surface area contributed by atoms with Gasteiger partial charge >= 0.3 is 6.09 Å². The van der Waals surface area contributed by atoms with Crippen molar-refractivity contribution >= 4 is 39.3 Å². The van der Waals surface area contributed by atoms with Crippen molar-refractivity contribution in [2.24, 2.45) is 11.8 Å². The summed E-state index contributed by atoms with van der Waals surface area (Å²) in [7, 11) is -4.24. The Balaban J connectivity index is 1.26. The van der Waals surface area contributed by atoms with Gasteiger partial charge in [0, 0.05) is 36.1 Å². The van der Waals surface area contributed by atoms with Crippen LogP contribution in [0.15, 0.2) is 53.4 Å². The van der Waals surface area contributed by atoms with E-state index in [1.807, 2.05) is 18.2 Å². The minimum atomic E-state index is -4.24. The number of nitrogens with zero attached hydrogens (tertiary/aromatic N) is 1. The molecule has 1 saturated heterocycles. The first-order valence-electron chi connectivity index (χ1n) is 17.2. The minimum absolute atomic E-state index is 0.0129. The predicted octanol–water partition coefficient (Wildman–Crippen LogP) is 4.89. The number of alkyl carbamates (subject to hydrolysis) is 1. The van der Waals surface area contributed by atoms with Gasteiger partial charge in [-0.05, 0) is 106 Å². The van der Waals surface area contributed by atoms with Gasteiger partial charge in [0.05, 0.1) is 36.4 Å². The van der Waals surface area contributed by atoms with Crippen molar-refractivity contribution in [2.45, 2.75) is 80.4 Å². The Morgan fingerprint density at radius 1 is 1.14 bits per heavy atom. The van der Waals surface area contributed by atoms with Gasteiger partial charge < -0.3 is 29.2 Å². The maximum atomic E-state index is 13.6. The Bertz CT molecular complexity index is 1740. The summed E-state index contributed by atoms with van der Waals surface area (Å²) in [6.07, 6.45) is 7.84. The minimum Gasteiger partial charge on any atom is -0.490 e. The molecule has 2 fully saturated rings. The highest BCUT2D eigenvalue weighted by Crippen LogP contribution is 2.47. The lowest BCUT2D eigenvalue weighted by Crippen LogP contribution is -2.50. The van der Waals surface area contributed by atoms with Crippen molar-refractivity contribution < 1.29 is 37.0 Å². The van der Waals surface area contributed by atoms with Crippen LogP contribution in [0.3, 0.4) is 0 Å². The molecule has 3 aliphatic heterocycles. The third kappa shape index (κ3) is 7.02. The summed E-state index contributed by atoms with van der Waals surface area (Å²) in [5.41, 5.74) is 1.23. The van der Waals surface area contributed by atoms with Gasteiger partial charge in [0.2, 0.25) is 0 Å². The van der Waals surface area contributed by atoms with Crippen molar-refractivity contribution in [3.05, 3.63) is 64.7 Å². The van der Waals surface area contributed by atoms with Gasteiger partial charge in [0.1, 0.15) is 17.5 Å². The molecular weight excluding hydrogens is 670 g/mol. The van der Waals surface area contributed by atoms with E-state index in [2.05, 4.69) is 21.0 Å². The molecule has 5 aliphatic rings. The molecule has 2 amide bonds. The lowest BCUT2D eigenvalue weighted by Gasteiger charge is -2.46. The fraction of sp³-hybridized carbons (Fsp3) is 0.556. The number of ether oxygens (including phenoxy) is 4. The summed E-state index contributed by atoms with van der Waals surface area (Å²) in [5, 5.41) is 3.63. The molecule has 2 aliphatic carbocycles. The SMILES string of the molecule is CC1(C)OCC=C[C@H](OC(=O)N[C@H]2CCOC2)[C@@H]2CC[C@H]2CN2C[C@@]3(CCCc4cc(Cl)ccc43)COc3ccc(cc32)S(=O)(=O)NC1=O. The second-order valence-electron chi connectivity index (χ2n) is 14.5. The number of halogens is 1. The molecule has 2 aromatic carbocycles. The summed E-state index contributed by atoms with van der Waals surface area (Å²) >= 11 is 6.43. The van der Waals surface area contributed by atoms with Crippen molar-refractivity contribution in [1.82, 2.24) is 10.0 Å². The lowest BCUT2D eigenvalue weighted by molar-refractivity contribution is -0.139. The van der Waals surface area contributed by atoms with E-state index < -0.39 is 33.7 Å². The lowest BCUT2D eigenvalue weighted by atomic mass is 9.68. The Labute approximate surface area is 292 Å². The van der Waals surface area contributed by atoms with Gasteiger partial charge in [-0.15, -0.1) is 0 Å². The molecule has 2 aromatic rings. The monoisotopic (exact) mass is 713 g/mol. The normalized spacial score (nSPS) is 30.5. The molecule has 0 aromatic heterocycles. The van der Waals surface area contributed by atoms with Gasteiger partial charge in [-0.3, -0.25) is 4.79 Å². The van der Waals surface area contributed by atoms with Gasteiger partial charge in [-0.1, -0.05) is 23.7 Å². The van der Waals surface area contributed by atoms with E-state index in [9.17, 15) is 18.0 Å². The number of nitrogens with one attached hydrogen (secondary N) is 2. The summed E-state index contributed by atoms with van der Waals surface area (Å²) in [4.78, 5) is 28.5. The topological polar surface area (TPSA) is 132 Å². The van der Waals surface area contributed by atoms with Crippen LogP contribution in [0.2, 0.25) is 5.02 Å². The van der Waals surface area contributed by atoms with Crippen LogP contribution in [0.1, 0.15) is 57.1 Å². The van der Waals surface area contributed by atoms with E-state index in [1.165, 1.54) is 31.0 Å². The Hall–Kier alpha value is -3.32. The van der Waals surface area contributed by atoms with E-state index in [0.29, 0.717) is 49.4 Å². The standard InChI is InChI=1S/C36H44ClN3O8S/c1-35(2)33(41)39-49(43,44)27-9-12-32-30(18-27)40(21-36(22-46-32)14-3-5-23-17-25(37)8-11-29(23)36)19-24-7-10-28(24)31(6-4-15-47-35)48-34(42)38-26-13-16-45-20-26/h4,6,8-9,11-12,17-18,24,26,28,31H,3,5,7,10,13-16,19-22H2,1-2H3,(H,38,42)(H,39,41)/t24-,26-,28+,31-,36-/m0/s1. The quantitative estimate of drug-likeness (QED) is 0.418. The fourth-order valence-corrected chi connectivity index (χ4v) is 9.17. The van der Waals surface area contributed by atoms with Crippen LogP contribution < -0.4 is 19.7 Å². The average molecular weight is 714 g/mol. The molecule has 264 valence electrons. The molecule has 11 nitrogen and oxygen atoms in total. The second kappa shape index (κ2) is 13.4. The number of anilines is 1. The van der Waals surface area contributed by atoms with E-state index in [0.717, 1.165) is 38.5 Å². The second-order valence-corrected chi connectivity index (χ2v) is 16.6. The zero-order valence-electron chi connectivity index (χ0n) is 27.9. The van der Waals surface area contributed by atoms with Crippen LogP contribution in [0.5, 0.6) is 5.75 Å². The van der Waals surface area contributed by atoms with Crippen LogP contribution in [0.4, 0.5) is 10.5 Å². The number of sulfonamides is 1. The molecule has 2 N–H and O–H groups in total. The van der Waals surface area contributed by atoms with Gasteiger partial charge in [0.25, 0.3) is 15.9 Å². The van der Waals surface area contributed by atoms with E-state index >= 15 is 0 Å². The number of benzene rings is 2. The first kappa shape index (κ1) is 34.1. The van der Waals surface area contributed by atoms with E-state index in [4.69, 9.17) is 30.5 Å². The van der Waals surface area contributed by atoms with Gasteiger partial charge in [0.15, 0.2) is 0 Å². The molecule has 1 saturated carbocycles. The predicted molar refractivity (Wildman–Crippen MR) is 184 cm³/mol. The summed E-state index contributed by atoms with van der Waals surface area (Å²) in [6, 6.07) is 10.7. The molecule has 3 heterocycles. The molecule has 5 atom stereocenters. The van der Waals surface area contributed by atoms with E-state index in [1.54, 1.807) is 18.2 Å². The zero-order chi connectivity index (χ0) is 34.4. The molecule has 1 spiro atoms. The van der Waals surface area contributed by atoms with Crippen molar-refractivity contribution in [1.29, 1.82) is 0 Å².